The van der Waals surface area contributed by atoms with Gasteiger partial charge in [-0.1, -0.05) is 6.92 Å². The van der Waals surface area contributed by atoms with E-state index in [-0.39, 0.29) is 17.1 Å². The van der Waals surface area contributed by atoms with Crippen molar-refractivity contribution in [3.63, 3.8) is 0 Å². The normalized spacial score (nSPS) is 37.8. The highest BCUT2D eigenvalue weighted by Crippen LogP contribution is 2.43. The number of aliphatic hydroxyl groups is 1. The van der Waals surface area contributed by atoms with E-state index < -0.39 is 17.1 Å². The lowest BCUT2D eigenvalue weighted by Crippen LogP contribution is -2.53. The van der Waals surface area contributed by atoms with E-state index in [1.165, 1.54) is 6.92 Å². The SMILES string of the molecule is CCC[C@]1([N+](=O)[O-])CC[C@@](C)(O)[C@@H](C(C)=O)C1. The molecule has 0 aromatic carbocycles. The average Bonchev–Trinajstić information content (AvgIpc) is 2.20. The fraction of sp³-hybridized carbons (Fsp3) is 0.917. The Kier molecular flexibility index (Phi) is 3.91. The number of hydrogen-bond acceptors (Lipinski definition) is 4. The van der Waals surface area contributed by atoms with Gasteiger partial charge >= 0.3 is 0 Å². The molecule has 0 spiro atoms. The van der Waals surface area contributed by atoms with Gasteiger partial charge in [0.15, 0.2) is 0 Å². The van der Waals surface area contributed by atoms with E-state index in [1.54, 1.807) is 6.92 Å². The number of hydrogen-bond donors (Lipinski definition) is 1. The van der Waals surface area contributed by atoms with Crippen LogP contribution in [0.1, 0.15) is 52.9 Å². The monoisotopic (exact) mass is 243 g/mol. The summed E-state index contributed by atoms with van der Waals surface area (Å²) in [5, 5.41) is 21.4. The molecule has 1 rings (SSSR count). The minimum Gasteiger partial charge on any atom is -0.389 e. The lowest BCUT2D eigenvalue weighted by molar-refractivity contribution is -0.579. The molecule has 1 N–H and O–H groups in total. The van der Waals surface area contributed by atoms with E-state index >= 15 is 0 Å². The number of carbonyl (C=O) groups is 1. The molecule has 0 radical (unpaired) electrons. The van der Waals surface area contributed by atoms with Crippen molar-refractivity contribution in [3.05, 3.63) is 10.1 Å². The Balaban J connectivity index is 3.00. The summed E-state index contributed by atoms with van der Waals surface area (Å²) in [6.07, 6.45) is 2.02. The highest BCUT2D eigenvalue weighted by atomic mass is 16.6. The van der Waals surface area contributed by atoms with Gasteiger partial charge in [0.05, 0.1) is 11.5 Å². The minimum absolute atomic E-state index is 0.156. The molecule has 1 saturated carbocycles. The molecule has 1 aliphatic carbocycles. The van der Waals surface area contributed by atoms with E-state index in [2.05, 4.69) is 0 Å². The molecule has 1 fully saturated rings. The molecular formula is C12H21NO4. The lowest BCUT2D eigenvalue weighted by atomic mass is 9.65. The van der Waals surface area contributed by atoms with E-state index in [1.807, 2.05) is 6.92 Å². The quantitative estimate of drug-likeness (QED) is 0.604. The Morgan fingerprint density at radius 1 is 1.53 bits per heavy atom. The zero-order chi connectivity index (χ0) is 13.3. The Morgan fingerprint density at radius 2 is 2.12 bits per heavy atom. The summed E-state index contributed by atoms with van der Waals surface area (Å²) in [7, 11) is 0. The summed E-state index contributed by atoms with van der Waals surface area (Å²) in [4.78, 5) is 22.6. The summed E-state index contributed by atoms with van der Waals surface area (Å²) in [6, 6.07) is 0. The smallest absolute Gasteiger partial charge is 0.223 e. The molecule has 1 aliphatic rings. The zero-order valence-corrected chi connectivity index (χ0v) is 10.7. The van der Waals surface area contributed by atoms with Crippen molar-refractivity contribution >= 4 is 5.78 Å². The van der Waals surface area contributed by atoms with Gasteiger partial charge in [0.1, 0.15) is 5.78 Å². The van der Waals surface area contributed by atoms with Gasteiger partial charge in [-0.2, -0.15) is 0 Å². The van der Waals surface area contributed by atoms with Crippen LogP contribution < -0.4 is 0 Å². The van der Waals surface area contributed by atoms with Crippen LogP contribution in [0.15, 0.2) is 0 Å². The van der Waals surface area contributed by atoms with Gasteiger partial charge in [0, 0.05) is 24.2 Å². The van der Waals surface area contributed by atoms with Crippen molar-refractivity contribution in [2.24, 2.45) is 5.92 Å². The third-order valence-corrected chi connectivity index (χ3v) is 4.02. The van der Waals surface area contributed by atoms with E-state index in [4.69, 9.17) is 0 Å². The molecule has 0 unspecified atom stereocenters. The molecule has 0 aromatic rings. The van der Waals surface area contributed by atoms with Crippen molar-refractivity contribution in [3.8, 4) is 0 Å². The summed E-state index contributed by atoms with van der Waals surface area (Å²) in [5.41, 5.74) is -2.12. The van der Waals surface area contributed by atoms with Crippen molar-refractivity contribution in [1.29, 1.82) is 0 Å². The first-order valence-electron chi connectivity index (χ1n) is 6.12. The Bertz CT molecular complexity index is 326. The van der Waals surface area contributed by atoms with Gasteiger partial charge < -0.3 is 5.11 Å². The number of nitrogens with zero attached hydrogens (tertiary/aromatic N) is 1. The van der Waals surface area contributed by atoms with Crippen LogP contribution in [-0.2, 0) is 4.79 Å². The summed E-state index contributed by atoms with van der Waals surface area (Å²) < 4.78 is 0. The molecule has 98 valence electrons. The first-order chi connectivity index (χ1) is 7.75. The average molecular weight is 243 g/mol. The summed E-state index contributed by atoms with van der Waals surface area (Å²) in [5.74, 6) is -0.773. The minimum atomic E-state index is -1.10. The van der Waals surface area contributed by atoms with Gasteiger partial charge in [0.2, 0.25) is 5.54 Å². The van der Waals surface area contributed by atoms with Gasteiger partial charge in [-0.05, 0) is 26.7 Å². The maximum atomic E-state index is 11.5. The van der Waals surface area contributed by atoms with Crippen LogP contribution in [-0.4, -0.2) is 27.0 Å². The van der Waals surface area contributed by atoms with E-state index in [9.17, 15) is 20.0 Å². The molecule has 0 amide bonds. The van der Waals surface area contributed by atoms with Gasteiger partial charge in [-0.3, -0.25) is 14.9 Å². The number of carbonyl (C=O) groups excluding carboxylic acids is 1. The summed E-state index contributed by atoms with van der Waals surface area (Å²) in [6.45, 7) is 4.91. The van der Waals surface area contributed by atoms with Crippen molar-refractivity contribution in [1.82, 2.24) is 0 Å². The molecular weight excluding hydrogens is 222 g/mol. The van der Waals surface area contributed by atoms with E-state index in [0.717, 1.165) is 0 Å². The Morgan fingerprint density at radius 3 is 2.53 bits per heavy atom. The first-order valence-corrected chi connectivity index (χ1v) is 6.12. The zero-order valence-electron chi connectivity index (χ0n) is 10.7. The largest absolute Gasteiger partial charge is 0.389 e. The van der Waals surface area contributed by atoms with Crippen LogP contribution in [0.3, 0.4) is 0 Å². The molecule has 0 saturated heterocycles. The Labute approximate surface area is 101 Å². The van der Waals surface area contributed by atoms with Crippen molar-refractivity contribution in [2.75, 3.05) is 0 Å². The van der Waals surface area contributed by atoms with Gasteiger partial charge in [-0.25, -0.2) is 0 Å². The second-order valence-electron chi connectivity index (χ2n) is 5.46. The second kappa shape index (κ2) is 4.72. The Hall–Kier alpha value is -0.970. The maximum Gasteiger partial charge on any atom is 0.223 e. The van der Waals surface area contributed by atoms with Crippen LogP contribution >= 0.6 is 0 Å². The fourth-order valence-electron chi connectivity index (χ4n) is 2.89. The lowest BCUT2D eigenvalue weighted by Gasteiger charge is -2.41. The van der Waals surface area contributed by atoms with Crippen molar-refractivity contribution in [2.45, 2.75) is 64.0 Å². The highest BCUT2D eigenvalue weighted by molar-refractivity contribution is 5.79. The molecule has 5 nitrogen and oxygen atoms in total. The predicted molar refractivity (Wildman–Crippen MR) is 63.3 cm³/mol. The standard InChI is InChI=1S/C12H21NO4/c1-4-5-12(13(16)17)7-6-11(3,15)10(8-12)9(2)14/h10,15H,4-8H2,1-3H3/t10-,11-,12+/m1/s1. The summed E-state index contributed by atoms with van der Waals surface area (Å²) >= 11 is 0. The first kappa shape index (κ1) is 14.1. The molecule has 17 heavy (non-hydrogen) atoms. The fourth-order valence-corrected chi connectivity index (χ4v) is 2.89. The molecule has 0 aliphatic heterocycles. The van der Waals surface area contributed by atoms with Crippen molar-refractivity contribution < 1.29 is 14.8 Å². The second-order valence-corrected chi connectivity index (χ2v) is 5.46. The van der Waals surface area contributed by atoms with Gasteiger partial charge in [0.25, 0.3) is 0 Å². The highest BCUT2D eigenvalue weighted by Gasteiger charge is 2.54. The number of nitro groups is 1. The molecule has 0 heterocycles. The van der Waals surface area contributed by atoms with Crippen LogP contribution in [0, 0.1) is 16.0 Å². The predicted octanol–water partition coefficient (Wildman–Crippen LogP) is 1.94. The van der Waals surface area contributed by atoms with Crippen LogP contribution in [0.25, 0.3) is 0 Å². The number of Topliss-reactive ketones (excluding diaryl/α,β-unsaturated/α-hetero) is 1. The molecule has 0 bridgehead atoms. The topological polar surface area (TPSA) is 80.4 Å². The third kappa shape index (κ3) is 2.65. The van der Waals surface area contributed by atoms with Crippen LogP contribution in [0.2, 0.25) is 0 Å². The molecule has 3 atom stereocenters. The number of ketones is 1. The van der Waals surface area contributed by atoms with Crippen LogP contribution in [0.4, 0.5) is 0 Å². The third-order valence-electron chi connectivity index (χ3n) is 4.02. The maximum absolute atomic E-state index is 11.5. The van der Waals surface area contributed by atoms with E-state index in [0.29, 0.717) is 25.7 Å². The van der Waals surface area contributed by atoms with Crippen LogP contribution in [0.5, 0.6) is 0 Å². The molecule has 0 aromatic heterocycles. The number of rotatable bonds is 4. The molecule has 5 heteroatoms. The van der Waals surface area contributed by atoms with Gasteiger partial charge in [-0.15, -0.1) is 0 Å².